The topological polar surface area (TPSA) is 101 Å². The number of rotatable bonds is 8. The summed E-state index contributed by atoms with van der Waals surface area (Å²) >= 11 is 2.74. The second kappa shape index (κ2) is 9.03. The van der Waals surface area contributed by atoms with E-state index in [2.05, 4.69) is 33.0 Å². The fourth-order valence-electron chi connectivity index (χ4n) is 2.72. The van der Waals surface area contributed by atoms with Crippen LogP contribution in [0.1, 0.15) is 18.9 Å². The van der Waals surface area contributed by atoms with Crippen LogP contribution in [0.5, 0.6) is 0 Å². The van der Waals surface area contributed by atoms with Crippen molar-refractivity contribution in [1.29, 1.82) is 0 Å². The fourth-order valence-corrected chi connectivity index (χ4v) is 6.32. The van der Waals surface area contributed by atoms with E-state index in [0.29, 0.717) is 10.8 Å². The molecule has 1 aliphatic heterocycles. The third-order valence-corrected chi connectivity index (χ3v) is 8.00. The summed E-state index contributed by atoms with van der Waals surface area (Å²) < 4.78 is 23.7. The lowest BCUT2D eigenvalue weighted by Gasteiger charge is -2.14. The molecule has 0 unspecified atom stereocenters. The van der Waals surface area contributed by atoms with Crippen molar-refractivity contribution in [1.82, 2.24) is 15.5 Å². The average Bonchev–Trinajstić information content (AvgIpc) is 3.21. The van der Waals surface area contributed by atoms with E-state index in [1.165, 1.54) is 28.7 Å². The molecule has 0 saturated carbocycles. The summed E-state index contributed by atoms with van der Waals surface area (Å²) in [5.74, 6) is 0.00839. The predicted molar refractivity (Wildman–Crippen MR) is 109 cm³/mol. The van der Waals surface area contributed by atoms with Crippen LogP contribution >= 0.6 is 23.1 Å². The van der Waals surface area contributed by atoms with Crippen LogP contribution in [0.25, 0.3) is 0 Å². The van der Waals surface area contributed by atoms with Crippen LogP contribution in [0.4, 0.5) is 5.13 Å². The fraction of sp³-hybridized carbons (Fsp3) is 0.471. The molecule has 1 aliphatic rings. The zero-order chi connectivity index (χ0) is 19.3. The SMILES string of the molecule is C[C@@H](Sc1nnc(NCCc2ccccc2)s1)C(=O)N[C@@H]1CCS(=O)(=O)C1. The van der Waals surface area contributed by atoms with Gasteiger partial charge in [0.1, 0.15) is 0 Å². The number of aromatic nitrogens is 2. The Balaban J connectivity index is 1.43. The Labute approximate surface area is 167 Å². The molecule has 7 nitrogen and oxygen atoms in total. The van der Waals surface area contributed by atoms with Gasteiger partial charge in [-0.05, 0) is 25.3 Å². The number of hydrogen-bond acceptors (Lipinski definition) is 8. The van der Waals surface area contributed by atoms with Gasteiger partial charge in [-0.1, -0.05) is 53.4 Å². The molecule has 146 valence electrons. The molecule has 1 aromatic heterocycles. The molecular weight excluding hydrogens is 404 g/mol. The normalized spacial score (nSPS) is 19.5. The summed E-state index contributed by atoms with van der Waals surface area (Å²) in [6.07, 6.45) is 1.38. The minimum atomic E-state index is -3.00. The number of nitrogens with one attached hydrogen (secondary N) is 2. The summed E-state index contributed by atoms with van der Waals surface area (Å²) in [7, 11) is -3.00. The van der Waals surface area contributed by atoms with Crippen LogP contribution < -0.4 is 10.6 Å². The Morgan fingerprint density at radius 2 is 2.11 bits per heavy atom. The zero-order valence-electron chi connectivity index (χ0n) is 14.9. The van der Waals surface area contributed by atoms with Crippen molar-refractivity contribution in [2.45, 2.75) is 35.4 Å². The number of carbonyl (C=O) groups is 1. The number of benzene rings is 1. The van der Waals surface area contributed by atoms with Crippen molar-refractivity contribution in [3.8, 4) is 0 Å². The van der Waals surface area contributed by atoms with Gasteiger partial charge in [0.05, 0.1) is 16.8 Å². The Morgan fingerprint density at radius 1 is 1.33 bits per heavy atom. The highest BCUT2D eigenvalue weighted by Crippen LogP contribution is 2.29. The third-order valence-electron chi connectivity index (χ3n) is 4.16. The number of hydrogen-bond donors (Lipinski definition) is 2. The summed E-state index contributed by atoms with van der Waals surface area (Å²) in [6, 6.07) is 9.91. The van der Waals surface area contributed by atoms with Crippen LogP contribution in [-0.2, 0) is 21.1 Å². The monoisotopic (exact) mass is 426 g/mol. The maximum atomic E-state index is 12.3. The summed E-state index contributed by atoms with van der Waals surface area (Å²) in [5.41, 5.74) is 1.25. The number of anilines is 1. The molecular formula is C17H22N4O3S3. The number of thioether (sulfide) groups is 1. The number of carbonyl (C=O) groups excluding carboxylic acids is 1. The molecule has 2 aromatic rings. The molecule has 1 saturated heterocycles. The van der Waals surface area contributed by atoms with Crippen LogP contribution in [0, 0.1) is 0 Å². The van der Waals surface area contributed by atoms with E-state index in [-0.39, 0.29) is 28.7 Å². The van der Waals surface area contributed by atoms with Crippen molar-refractivity contribution in [2.75, 3.05) is 23.4 Å². The minimum absolute atomic E-state index is 0.0322. The molecule has 10 heteroatoms. The molecule has 1 amide bonds. The van der Waals surface area contributed by atoms with Gasteiger partial charge in [0.25, 0.3) is 0 Å². The minimum Gasteiger partial charge on any atom is -0.360 e. The highest BCUT2D eigenvalue weighted by Gasteiger charge is 2.30. The lowest BCUT2D eigenvalue weighted by atomic mass is 10.2. The Kier molecular flexibility index (Phi) is 6.72. The van der Waals surface area contributed by atoms with Crippen molar-refractivity contribution in [3.63, 3.8) is 0 Å². The van der Waals surface area contributed by atoms with Gasteiger partial charge in [-0.3, -0.25) is 4.79 Å². The van der Waals surface area contributed by atoms with Gasteiger partial charge in [0.2, 0.25) is 11.0 Å². The maximum Gasteiger partial charge on any atom is 0.233 e. The van der Waals surface area contributed by atoms with E-state index in [4.69, 9.17) is 0 Å². The smallest absolute Gasteiger partial charge is 0.233 e. The summed E-state index contributed by atoms with van der Waals surface area (Å²) in [6.45, 7) is 2.54. The second-order valence-electron chi connectivity index (χ2n) is 6.40. The zero-order valence-corrected chi connectivity index (χ0v) is 17.4. The highest BCUT2D eigenvalue weighted by atomic mass is 32.2. The van der Waals surface area contributed by atoms with Crippen LogP contribution in [-0.4, -0.2) is 53.9 Å². The molecule has 2 N–H and O–H groups in total. The Bertz CT molecular complexity index is 871. The molecule has 2 heterocycles. The van der Waals surface area contributed by atoms with Crippen molar-refractivity contribution >= 4 is 44.0 Å². The molecule has 3 rings (SSSR count). The first kappa shape index (κ1) is 20.1. The van der Waals surface area contributed by atoms with E-state index < -0.39 is 9.84 Å². The van der Waals surface area contributed by atoms with E-state index in [1.54, 1.807) is 6.92 Å². The van der Waals surface area contributed by atoms with Crippen LogP contribution in [0.2, 0.25) is 0 Å². The Morgan fingerprint density at radius 3 is 2.81 bits per heavy atom. The predicted octanol–water partition coefficient (Wildman–Crippen LogP) is 1.98. The molecule has 0 bridgehead atoms. The molecule has 2 atom stereocenters. The lowest BCUT2D eigenvalue weighted by Crippen LogP contribution is -2.39. The quantitative estimate of drug-likeness (QED) is 0.622. The van der Waals surface area contributed by atoms with Gasteiger partial charge in [-0.15, -0.1) is 10.2 Å². The molecule has 27 heavy (non-hydrogen) atoms. The van der Waals surface area contributed by atoms with Gasteiger partial charge >= 0.3 is 0 Å². The Hall–Kier alpha value is -1.65. The average molecular weight is 427 g/mol. The molecule has 1 aromatic carbocycles. The maximum absolute atomic E-state index is 12.3. The number of nitrogens with zero attached hydrogens (tertiary/aromatic N) is 2. The van der Waals surface area contributed by atoms with Gasteiger partial charge in [0.15, 0.2) is 14.2 Å². The first-order chi connectivity index (χ1) is 12.9. The lowest BCUT2D eigenvalue weighted by molar-refractivity contribution is -0.120. The van der Waals surface area contributed by atoms with Gasteiger partial charge < -0.3 is 10.6 Å². The summed E-state index contributed by atoms with van der Waals surface area (Å²) in [5, 5.41) is 14.6. The van der Waals surface area contributed by atoms with Gasteiger partial charge in [0, 0.05) is 12.6 Å². The first-order valence-corrected chi connectivity index (χ1v) is 12.2. The number of sulfone groups is 1. The molecule has 0 aliphatic carbocycles. The summed E-state index contributed by atoms with van der Waals surface area (Å²) in [4.78, 5) is 12.3. The van der Waals surface area contributed by atoms with Crippen molar-refractivity contribution in [2.24, 2.45) is 0 Å². The van der Waals surface area contributed by atoms with Crippen LogP contribution in [0.3, 0.4) is 0 Å². The van der Waals surface area contributed by atoms with E-state index >= 15 is 0 Å². The van der Waals surface area contributed by atoms with Gasteiger partial charge in [-0.2, -0.15) is 0 Å². The molecule has 0 spiro atoms. The van der Waals surface area contributed by atoms with Crippen molar-refractivity contribution in [3.05, 3.63) is 35.9 Å². The van der Waals surface area contributed by atoms with Gasteiger partial charge in [-0.25, -0.2) is 8.42 Å². The molecule has 0 radical (unpaired) electrons. The first-order valence-electron chi connectivity index (χ1n) is 8.70. The second-order valence-corrected chi connectivity index (χ2v) is 11.2. The van der Waals surface area contributed by atoms with E-state index in [9.17, 15) is 13.2 Å². The highest BCUT2D eigenvalue weighted by molar-refractivity contribution is 8.02. The van der Waals surface area contributed by atoms with E-state index in [1.807, 2.05) is 18.2 Å². The standard InChI is InChI=1S/C17H22N4O3S3/c1-12(15(22)19-14-8-10-27(23,24)11-14)25-17-21-20-16(26-17)18-9-7-13-5-3-2-4-6-13/h2-6,12,14H,7-11H2,1H3,(H,18,20)(H,19,22)/t12-,14-/m1/s1. The molecule has 1 fully saturated rings. The van der Waals surface area contributed by atoms with Crippen molar-refractivity contribution < 1.29 is 13.2 Å². The van der Waals surface area contributed by atoms with Crippen LogP contribution in [0.15, 0.2) is 34.7 Å². The number of amides is 1. The van der Waals surface area contributed by atoms with E-state index in [0.717, 1.165) is 18.1 Å². The largest absolute Gasteiger partial charge is 0.360 e. The third kappa shape index (κ3) is 6.18.